The lowest BCUT2D eigenvalue weighted by molar-refractivity contribution is -0.136. The van der Waals surface area contributed by atoms with E-state index >= 15 is 0 Å². The number of likely N-dealkylation sites (tertiary alicyclic amines) is 1. The van der Waals surface area contributed by atoms with Gasteiger partial charge in [0.25, 0.3) is 0 Å². The smallest absolute Gasteiger partial charge is 0.245 e. The molecular formula is C17H28N4O2. The Morgan fingerprint density at radius 3 is 3.00 bits per heavy atom. The van der Waals surface area contributed by atoms with Crippen molar-refractivity contribution in [2.45, 2.75) is 57.7 Å². The number of carbonyl (C=O) groups is 1. The third-order valence-corrected chi connectivity index (χ3v) is 5.55. The number of aromatic nitrogens is 2. The lowest BCUT2D eigenvalue weighted by Crippen LogP contribution is -2.47. The maximum absolute atomic E-state index is 13.2. The molecule has 3 heterocycles. The first-order chi connectivity index (χ1) is 11.0. The van der Waals surface area contributed by atoms with E-state index in [4.69, 9.17) is 5.11 Å². The van der Waals surface area contributed by atoms with Gasteiger partial charge in [0.2, 0.25) is 5.91 Å². The van der Waals surface area contributed by atoms with Crippen LogP contribution in [0.1, 0.15) is 43.7 Å². The van der Waals surface area contributed by atoms with E-state index in [1.807, 2.05) is 25.1 Å². The summed E-state index contributed by atoms with van der Waals surface area (Å²) in [5, 5.41) is 9.15. The number of imidazole rings is 1. The van der Waals surface area contributed by atoms with Gasteiger partial charge in [0.1, 0.15) is 11.9 Å². The maximum atomic E-state index is 13.2. The van der Waals surface area contributed by atoms with Gasteiger partial charge in [-0.25, -0.2) is 4.98 Å². The number of nitrogens with zero attached hydrogens (tertiary/aromatic N) is 4. The Balaban J connectivity index is 1.76. The van der Waals surface area contributed by atoms with Gasteiger partial charge >= 0.3 is 0 Å². The number of amides is 1. The van der Waals surface area contributed by atoms with Crippen LogP contribution in [0.3, 0.4) is 0 Å². The van der Waals surface area contributed by atoms with E-state index in [-0.39, 0.29) is 24.6 Å². The Kier molecular flexibility index (Phi) is 4.73. The molecule has 1 aromatic heterocycles. The second-order valence-corrected chi connectivity index (χ2v) is 6.93. The summed E-state index contributed by atoms with van der Waals surface area (Å²) in [6.07, 6.45) is 5.76. The van der Waals surface area contributed by atoms with Crippen LogP contribution in [-0.4, -0.2) is 69.2 Å². The molecule has 3 atom stereocenters. The van der Waals surface area contributed by atoms with Gasteiger partial charge < -0.3 is 14.6 Å². The predicted octanol–water partition coefficient (Wildman–Crippen LogP) is 0.982. The van der Waals surface area contributed by atoms with Crippen LogP contribution >= 0.6 is 0 Å². The fourth-order valence-electron chi connectivity index (χ4n) is 4.26. The third-order valence-electron chi connectivity index (χ3n) is 5.55. The van der Waals surface area contributed by atoms with Crippen LogP contribution in [0.5, 0.6) is 0 Å². The molecule has 6 heteroatoms. The topological polar surface area (TPSA) is 61.6 Å². The van der Waals surface area contributed by atoms with Gasteiger partial charge in [-0.1, -0.05) is 0 Å². The number of hydrogen-bond donors (Lipinski definition) is 1. The summed E-state index contributed by atoms with van der Waals surface area (Å²) in [6, 6.07) is 0.428. The number of aryl methyl sites for hydroxylation is 2. The van der Waals surface area contributed by atoms with Crippen molar-refractivity contribution in [1.82, 2.24) is 19.4 Å². The molecule has 23 heavy (non-hydrogen) atoms. The predicted molar refractivity (Wildman–Crippen MR) is 88.2 cm³/mol. The largest absolute Gasteiger partial charge is 0.395 e. The molecule has 0 aliphatic carbocycles. The van der Waals surface area contributed by atoms with Crippen LogP contribution in [0.4, 0.5) is 0 Å². The molecule has 0 radical (unpaired) electrons. The summed E-state index contributed by atoms with van der Waals surface area (Å²) in [6.45, 7) is 5.79. The Morgan fingerprint density at radius 1 is 1.48 bits per heavy atom. The molecule has 1 aromatic rings. The van der Waals surface area contributed by atoms with Gasteiger partial charge in [-0.3, -0.25) is 9.69 Å². The van der Waals surface area contributed by atoms with Gasteiger partial charge in [-0.2, -0.15) is 0 Å². The number of hydrogen-bond acceptors (Lipinski definition) is 4. The second kappa shape index (κ2) is 6.61. The van der Waals surface area contributed by atoms with Gasteiger partial charge in [-0.05, 0) is 40.2 Å². The Bertz CT molecular complexity index is 571. The maximum Gasteiger partial charge on any atom is 0.245 e. The zero-order valence-electron chi connectivity index (χ0n) is 14.4. The van der Waals surface area contributed by atoms with Gasteiger partial charge in [0.15, 0.2) is 0 Å². The van der Waals surface area contributed by atoms with Crippen LogP contribution in [-0.2, 0) is 11.2 Å². The first-order valence-corrected chi connectivity index (χ1v) is 8.69. The average Bonchev–Trinajstić information content (AvgIpc) is 3.10. The highest BCUT2D eigenvalue weighted by Gasteiger charge is 2.40. The zero-order chi connectivity index (χ0) is 16.6. The molecule has 2 aliphatic rings. The van der Waals surface area contributed by atoms with Crippen molar-refractivity contribution < 1.29 is 9.90 Å². The Labute approximate surface area is 138 Å². The SMILES string of the molecule is Cc1cnc2n1C(C(=O)N1CC[C@@H](N(C)CCO)[C@H]1C)CCC2. The Hall–Kier alpha value is -1.40. The minimum Gasteiger partial charge on any atom is -0.395 e. The number of carbonyl (C=O) groups excluding carboxylic acids is 1. The number of likely N-dealkylation sites (N-methyl/N-ethyl adjacent to an activating group) is 1. The van der Waals surface area contributed by atoms with Crippen molar-refractivity contribution >= 4 is 5.91 Å². The molecule has 2 aliphatic heterocycles. The summed E-state index contributed by atoms with van der Waals surface area (Å²) >= 11 is 0. The van der Waals surface area contributed by atoms with Gasteiger partial charge in [-0.15, -0.1) is 0 Å². The molecule has 128 valence electrons. The fourth-order valence-corrected chi connectivity index (χ4v) is 4.26. The summed E-state index contributed by atoms with van der Waals surface area (Å²) < 4.78 is 2.14. The highest BCUT2D eigenvalue weighted by Crippen LogP contribution is 2.31. The average molecular weight is 320 g/mol. The fraction of sp³-hybridized carbons (Fsp3) is 0.765. The van der Waals surface area contributed by atoms with E-state index < -0.39 is 0 Å². The van der Waals surface area contributed by atoms with E-state index in [0.29, 0.717) is 12.6 Å². The standard InChI is InChI=1S/C17H28N4O2/c1-12-11-18-16-6-4-5-15(21(12)16)17(23)20-8-7-14(13(20)2)19(3)9-10-22/h11,13-15,22H,4-10H2,1-3H3/t13-,14-,15?/m1/s1. The zero-order valence-corrected chi connectivity index (χ0v) is 14.4. The summed E-state index contributed by atoms with van der Waals surface area (Å²) in [4.78, 5) is 21.8. The molecule has 1 fully saturated rings. The van der Waals surface area contributed by atoms with Crippen molar-refractivity contribution in [1.29, 1.82) is 0 Å². The molecule has 1 saturated heterocycles. The van der Waals surface area contributed by atoms with Crippen LogP contribution in [0.2, 0.25) is 0 Å². The molecule has 6 nitrogen and oxygen atoms in total. The van der Waals surface area contributed by atoms with E-state index in [9.17, 15) is 4.79 Å². The van der Waals surface area contributed by atoms with E-state index in [2.05, 4.69) is 21.4 Å². The van der Waals surface area contributed by atoms with Crippen LogP contribution in [0, 0.1) is 6.92 Å². The van der Waals surface area contributed by atoms with Gasteiger partial charge in [0, 0.05) is 43.5 Å². The highest BCUT2D eigenvalue weighted by atomic mass is 16.3. The van der Waals surface area contributed by atoms with Crippen molar-refractivity contribution in [3.05, 3.63) is 17.7 Å². The van der Waals surface area contributed by atoms with Crippen LogP contribution in [0.25, 0.3) is 0 Å². The molecule has 0 bridgehead atoms. The number of rotatable bonds is 4. The molecule has 1 amide bonds. The quantitative estimate of drug-likeness (QED) is 0.898. The summed E-state index contributed by atoms with van der Waals surface area (Å²) in [5.74, 6) is 1.28. The molecule has 0 aromatic carbocycles. The van der Waals surface area contributed by atoms with Crippen molar-refractivity contribution in [3.63, 3.8) is 0 Å². The van der Waals surface area contributed by atoms with Gasteiger partial charge in [0.05, 0.1) is 6.61 Å². The van der Waals surface area contributed by atoms with E-state index in [0.717, 1.165) is 43.7 Å². The second-order valence-electron chi connectivity index (χ2n) is 6.93. The molecule has 1 N–H and O–H groups in total. The number of aliphatic hydroxyl groups is 1. The van der Waals surface area contributed by atoms with Crippen LogP contribution in [0.15, 0.2) is 6.20 Å². The first-order valence-electron chi connectivity index (χ1n) is 8.69. The number of fused-ring (bicyclic) bond motifs is 1. The molecular weight excluding hydrogens is 292 g/mol. The van der Waals surface area contributed by atoms with E-state index in [1.54, 1.807) is 0 Å². The number of aliphatic hydroxyl groups excluding tert-OH is 1. The van der Waals surface area contributed by atoms with Crippen LogP contribution < -0.4 is 0 Å². The lowest BCUT2D eigenvalue weighted by Gasteiger charge is -2.34. The van der Waals surface area contributed by atoms with E-state index in [1.165, 1.54) is 0 Å². The highest BCUT2D eigenvalue weighted by molar-refractivity contribution is 5.81. The first kappa shape index (κ1) is 16.5. The minimum atomic E-state index is -0.0920. The monoisotopic (exact) mass is 320 g/mol. The van der Waals surface area contributed by atoms with Crippen molar-refractivity contribution in [3.8, 4) is 0 Å². The Morgan fingerprint density at radius 2 is 2.26 bits per heavy atom. The normalized spacial score (nSPS) is 27.5. The molecule has 0 saturated carbocycles. The lowest BCUT2D eigenvalue weighted by atomic mass is 10.0. The minimum absolute atomic E-state index is 0.0920. The third kappa shape index (κ3) is 2.90. The van der Waals surface area contributed by atoms with Crippen molar-refractivity contribution in [2.24, 2.45) is 0 Å². The molecule has 3 rings (SSSR count). The summed E-state index contributed by atoms with van der Waals surface area (Å²) in [5.41, 5.74) is 1.08. The molecule has 0 spiro atoms. The summed E-state index contributed by atoms with van der Waals surface area (Å²) in [7, 11) is 2.03. The molecule has 1 unspecified atom stereocenters. The van der Waals surface area contributed by atoms with Crippen molar-refractivity contribution in [2.75, 3.05) is 26.7 Å².